The van der Waals surface area contributed by atoms with Gasteiger partial charge in [0, 0.05) is 5.56 Å². The van der Waals surface area contributed by atoms with Gasteiger partial charge in [-0.1, -0.05) is 4.73 Å². The number of aromatic nitrogens is 2. The Morgan fingerprint density at radius 2 is 1.93 bits per heavy atom. The Bertz CT molecular complexity index is 596. The Labute approximate surface area is 77.2 Å². The standard InChI is InChI=1S/C5H4N2O6S/c1-3-2-6-5(9)7(4(3)8)13-14(10,11)12-6/h2H,1H3. The van der Waals surface area contributed by atoms with Crippen molar-refractivity contribution in [2.45, 2.75) is 6.92 Å². The molecule has 1 aliphatic heterocycles. The number of fused-ring (bicyclic) bond motifs is 2. The van der Waals surface area contributed by atoms with Gasteiger partial charge < -0.3 is 0 Å². The number of aryl methyl sites for hydroxylation is 1. The molecule has 0 saturated heterocycles. The molecule has 14 heavy (non-hydrogen) atoms. The molecule has 2 bridgehead atoms. The van der Waals surface area contributed by atoms with E-state index in [4.69, 9.17) is 0 Å². The molecule has 0 aromatic carbocycles. The highest BCUT2D eigenvalue weighted by Gasteiger charge is 2.27. The molecule has 0 fully saturated rings. The third-order valence-corrected chi connectivity index (χ3v) is 2.21. The van der Waals surface area contributed by atoms with Crippen molar-refractivity contribution in [3.05, 3.63) is 32.6 Å². The van der Waals surface area contributed by atoms with E-state index >= 15 is 0 Å². The summed E-state index contributed by atoms with van der Waals surface area (Å²) in [6, 6.07) is 0. The lowest BCUT2D eigenvalue weighted by Gasteiger charge is -2.15. The summed E-state index contributed by atoms with van der Waals surface area (Å²) in [6.07, 6.45) is 0.973. The van der Waals surface area contributed by atoms with Crippen LogP contribution in [0.5, 0.6) is 0 Å². The molecule has 0 spiro atoms. The van der Waals surface area contributed by atoms with Crippen molar-refractivity contribution >= 4 is 10.4 Å². The van der Waals surface area contributed by atoms with Crippen LogP contribution in [0.1, 0.15) is 5.56 Å². The molecule has 2 rings (SSSR count). The molecule has 0 amide bonds. The molecule has 0 unspecified atom stereocenters. The Morgan fingerprint density at radius 1 is 1.29 bits per heavy atom. The van der Waals surface area contributed by atoms with Crippen molar-refractivity contribution in [1.29, 1.82) is 0 Å². The van der Waals surface area contributed by atoms with Gasteiger partial charge in [0.15, 0.2) is 0 Å². The Kier molecular flexibility index (Phi) is 1.50. The summed E-state index contributed by atoms with van der Waals surface area (Å²) < 4.78 is 30.3. The molecule has 76 valence electrons. The van der Waals surface area contributed by atoms with E-state index in [0.717, 1.165) is 6.20 Å². The van der Waals surface area contributed by atoms with E-state index in [1.807, 2.05) is 0 Å². The van der Waals surface area contributed by atoms with E-state index < -0.39 is 21.6 Å². The first-order valence-electron chi connectivity index (χ1n) is 3.41. The SMILES string of the molecule is Cc1cn2c(=O)n(c1=O)OS(=O)(=O)O2. The summed E-state index contributed by atoms with van der Waals surface area (Å²) in [7, 11) is -4.37. The monoisotopic (exact) mass is 220 g/mol. The molecule has 0 N–H and O–H groups in total. The maximum absolute atomic E-state index is 11.2. The highest BCUT2D eigenvalue weighted by Crippen LogP contribution is 1.93. The molecule has 2 heterocycles. The van der Waals surface area contributed by atoms with Gasteiger partial charge in [0.1, 0.15) is 0 Å². The highest BCUT2D eigenvalue weighted by atomic mass is 32.3. The summed E-state index contributed by atoms with van der Waals surface area (Å²) in [6.45, 7) is 1.39. The maximum Gasteiger partial charge on any atom is 0.540 e. The number of hydrogen-bond donors (Lipinski definition) is 0. The summed E-state index contributed by atoms with van der Waals surface area (Å²) in [5.74, 6) is 0. The third-order valence-electron chi connectivity index (χ3n) is 1.53. The van der Waals surface area contributed by atoms with E-state index in [0.29, 0.717) is 4.73 Å². The second kappa shape index (κ2) is 2.38. The summed E-state index contributed by atoms with van der Waals surface area (Å²) in [5.41, 5.74) is -1.71. The largest absolute Gasteiger partial charge is 0.540 e. The van der Waals surface area contributed by atoms with Crippen LogP contribution in [0.15, 0.2) is 15.8 Å². The second-order valence-electron chi connectivity index (χ2n) is 2.58. The first-order valence-corrected chi connectivity index (χ1v) is 4.74. The zero-order valence-corrected chi connectivity index (χ0v) is 7.65. The van der Waals surface area contributed by atoms with Gasteiger partial charge >= 0.3 is 16.1 Å². The van der Waals surface area contributed by atoms with Gasteiger partial charge in [-0.05, 0) is 6.92 Å². The quantitative estimate of drug-likeness (QED) is 0.477. The van der Waals surface area contributed by atoms with E-state index in [2.05, 4.69) is 8.57 Å². The molecule has 1 aliphatic rings. The minimum absolute atomic E-state index is 0.119. The Hall–Kier alpha value is -1.77. The first kappa shape index (κ1) is 8.81. The van der Waals surface area contributed by atoms with Crippen molar-refractivity contribution in [3.63, 3.8) is 0 Å². The van der Waals surface area contributed by atoms with Crippen molar-refractivity contribution < 1.29 is 17.0 Å². The number of rotatable bonds is 0. The molecular formula is C5H4N2O6S. The van der Waals surface area contributed by atoms with E-state index in [1.165, 1.54) is 6.92 Å². The average Bonchev–Trinajstić information content (AvgIpc) is 2.06. The van der Waals surface area contributed by atoms with Crippen molar-refractivity contribution in [1.82, 2.24) is 9.46 Å². The van der Waals surface area contributed by atoms with Crippen LogP contribution in [0, 0.1) is 6.92 Å². The van der Waals surface area contributed by atoms with Crippen LogP contribution in [-0.4, -0.2) is 17.9 Å². The van der Waals surface area contributed by atoms with Crippen LogP contribution >= 0.6 is 0 Å². The van der Waals surface area contributed by atoms with Crippen LogP contribution < -0.4 is 19.8 Å². The normalized spacial score (nSPS) is 16.9. The fourth-order valence-electron chi connectivity index (χ4n) is 0.945. The van der Waals surface area contributed by atoms with Crippen molar-refractivity contribution in [3.8, 4) is 0 Å². The summed E-state index contributed by atoms with van der Waals surface area (Å²) in [5, 5.41) is 0. The van der Waals surface area contributed by atoms with Crippen LogP contribution in [-0.2, 0) is 10.4 Å². The minimum Gasteiger partial charge on any atom is -0.266 e. The molecule has 0 radical (unpaired) electrons. The number of nitrogens with zero attached hydrogens (tertiary/aromatic N) is 2. The van der Waals surface area contributed by atoms with Gasteiger partial charge in [-0.3, -0.25) is 9.08 Å². The fraction of sp³-hybridized carbons (Fsp3) is 0.200. The highest BCUT2D eigenvalue weighted by molar-refractivity contribution is 7.82. The van der Waals surface area contributed by atoms with Crippen molar-refractivity contribution in [2.75, 3.05) is 0 Å². The summed E-state index contributed by atoms with van der Waals surface area (Å²) in [4.78, 5) is 22.3. The van der Waals surface area contributed by atoms with Gasteiger partial charge in [0.2, 0.25) is 0 Å². The van der Waals surface area contributed by atoms with Crippen LogP contribution in [0.2, 0.25) is 0 Å². The van der Waals surface area contributed by atoms with Gasteiger partial charge in [-0.2, -0.15) is 0 Å². The summed E-state index contributed by atoms with van der Waals surface area (Å²) >= 11 is 0. The predicted molar refractivity (Wildman–Crippen MR) is 41.8 cm³/mol. The van der Waals surface area contributed by atoms with Crippen LogP contribution in [0.4, 0.5) is 0 Å². The van der Waals surface area contributed by atoms with E-state index in [-0.39, 0.29) is 10.3 Å². The second-order valence-corrected chi connectivity index (χ2v) is 3.69. The van der Waals surface area contributed by atoms with E-state index in [9.17, 15) is 18.0 Å². The van der Waals surface area contributed by atoms with E-state index in [1.54, 1.807) is 0 Å². The minimum atomic E-state index is -4.37. The molecule has 8 nitrogen and oxygen atoms in total. The zero-order chi connectivity index (χ0) is 10.5. The van der Waals surface area contributed by atoms with Crippen LogP contribution in [0.25, 0.3) is 0 Å². The molecule has 9 heteroatoms. The topological polar surface area (TPSA) is 96.6 Å². The lowest BCUT2D eigenvalue weighted by molar-refractivity contribution is 0.108. The average molecular weight is 220 g/mol. The molecule has 1 aromatic heterocycles. The molecule has 0 atom stereocenters. The lowest BCUT2D eigenvalue weighted by Crippen LogP contribution is -2.54. The molecule has 0 saturated carbocycles. The fourth-order valence-corrected chi connectivity index (χ4v) is 1.59. The molecular weight excluding hydrogens is 216 g/mol. The molecule has 1 aromatic rings. The third kappa shape index (κ3) is 1.09. The molecule has 0 aliphatic carbocycles. The van der Waals surface area contributed by atoms with Crippen molar-refractivity contribution in [2.24, 2.45) is 0 Å². The Balaban J connectivity index is 2.90. The maximum atomic E-state index is 11.2. The Morgan fingerprint density at radius 3 is 2.57 bits per heavy atom. The van der Waals surface area contributed by atoms with Gasteiger partial charge in [-0.15, -0.1) is 13.1 Å². The van der Waals surface area contributed by atoms with Gasteiger partial charge in [0.25, 0.3) is 5.56 Å². The van der Waals surface area contributed by atoms with Gasteiger partial charge in [0.05, 0.1) is 6.20 Å². The predicted octanol–water partition coefficient (Wildman–Crippen LogP) is -2.57. The first-order chi connectivity index (χ1) is 6.41. The lowest BCUT2D eigenvalue weighted by atomic mass is 10.4. The number of hydrogen-bond acceptors (Lipinski definition) is 6. The smallest absolute Gasteiger partial charge is 0.266 e. The van der Waals surface area contributed by atoms with Crippen LogP contribution in [0.3, 0.4) is 0 Å². The zero-order valence-electron chi connectivity index (χ0n) is 6.83. The van der Waals surface area contributed by atoms with Gasteiger partial charge in [-0.25, -0.2) is 9.08 Å².